The number of ether oxygens (including phenoxy) is 1. The molecule has 8 heteroatoms. The van der Waals surface area contributed by atoms with Crippen molar-refractivity contribution in [3.8, 4) is 0 Å². The third-order valence-electron chi connectivity index (χ3n) is 7.15. The van der Waals surface area contributed by atoms with E-state index in [9.17, 15) is 19.8 Å². The summed E-state index contributed by atoms with van der Waals surface area (Å²) in [5, 5.41) is 19.5. The van der Waals surface area contributed by atoms with E-state index in [1.807, 2.05) is 6.92 Å². The summed E-state index contributed by atoms with van der Waals surface area (Å²) in [6.45, 7) is 8.69. The van der Waals surface area contributed by atoms with Gasteiger partial charge in [0.1, 0.15) is 11.2 Å². The number of carboxylic acid groups (broad SMARTS) is 1. The maximum atomic E-state index is 12.6. The van der Waals surface area contributed by atoms with Crippen LogP contribution in [-0.2, 0) is 17.7 Å². The van der Waals surface area contributed by atoms with Gasteiger partial charge >= 0.3 is 5.97 Å². The second kappa shape index (κ2) is 11.9. The van der Waals surface area contributed by atoms with E-state index in [-0.39, 0.29) is 11.7 Å². The van der Waals surface area contributed by atoms with Crippen LogP contribution in [0.25, 0.3) is 11.0 Å². The van der Waals surface area contributed by atoms with Gasteiger partial charge in [0.05, 0.1) is 11.5 Å². The maximum absolute atomic E-state index is 12.6. The normalized spacial score (nSPS) is 23.0. The van der Waals surface area contributed by atoms with Gasteiger partial charge in [0.2, 0.25) is 5.43 Å². The lowest BCUT2D eigenvalue weighted by molar-refractivity contribution is -0.193. The standard InChI is InChI=1S/C26H39N3O5/c1-5-29-16-22(26(32)33)24(31)21-14-19(15-27-25(21)29)9-8-12-28(4)11-7-6-10-20-17(2)13-23(30)34-18(20)3/h14-18,20,23,30H,5-13H2,1-4H3,(H,32,33)/t17?,18?,20-,23-/m1/s1. The summed E-state index contributed by atoms with van der Waals surface area (Å²) in [6.07, 6.45) is 8.51. The van der Waals surface area contributed by atoms with Crippen LogP contribution in [0.3, 0.4) is 0 Å². The second-order valence-electron chi connectivity index (χ2n) is 9.75. The number of rotatable bonds is 11. The Balaban J connectivity index is 1.47. The van der Waals surface area contributed by atoms with Crippen molar-refractivity contribution in [2.75, 3.05) is 20.1 Å². The fourth-order valence-corrected chi connectivity index (χ4v) is 5.15. The Morgan fingerprint density at radius 2 is 2.00 bits per heavy atom. The number of aromatic carboxylic acids is 1. The Hall–Kier alpha value is -2.29. The molecular formula is C26H39N3O5. The molecule has 8 nitrogen and oxygen atoms in total. The van der Waals surface area contributed by atoms with Gasteiger partial charge in [-0.3, -0.25) is 4.79 Å². The summed E-state index contributed by atoms with van der Waals surface area (Å²) in [5.74, 6) is -0.216. The van der Waals surface area contributed by atoms with Gasteiger partial charge in [-0.15, -0.1) is 0 Å². The van der Waals surface area contributed by atoms with E-state index in [0.29, 0.717) is 29.4 Å². The number of nitrogens with zero attached hydrogens (tertiary/aromatic N) is 3. The van der Waals surface area contributed by atoms with Crippen molar-refractivity contribution >= 4 is 17.0 Å². The van der Waals surface area contributed by atoms with Gasteiger partial charge in [0.15, 0.2) is 6.29 Å². The molecule has 1 saturated heterocycles. The summed E-state index contributed by atoms with van der Waals surface area (Å²) < 4.78 is 7.31. The van der Waals surface area contributed by atoms with E-state index in [1.165, 1.54) is 6.20 Å². The molecule has 3 heterocycles. The summed E-state index contributed by atoms with van der Waals surface area (Å²) in [6, 6.07) is 1.80. The average molecular weight is 474 g/mol. The lowest BCUT2D eigenvalue weighted by Crippen LogP contribution is -2.38. The Bertz CT molecular complexity index is 1030. The van der Waals surface area contributed by atoms with Crippen LogP contribution in [0.2, 0.25) is 0 Å². The molecule has 3 rings (SSSR count). The van der Waals surface area contributed by atoms with Gasteiger partial charge in [-0.05, 0) is 83.1 Å². The zero-order chi connectivity index (χ0) is 24.8. The van der Waals surface area contributed by atoms with Crippen molar-refractivity contribution in [1.82, 2.24) is 14.5 Å². The molecule has 188 valence electrons. The summed E-state index contributed by atoms with van der Waals surface area (Å²) >= 11 is 0. The minimum atomic E-state index is -1.21. The van der Waals surface area contributed by atoms with E-state index in [4.69, 9.17) is 4.74 Å². The minimum absolute atomic E-state index is 0.111. The predicted molar refractivity (Wildman–Crippen MR) is 132 cm³/mol. The van der Waals surface area contributed by atoms with Crippen molar-refractivity contribution < 1.29 is 19.7 Å². The number of hydrogen-bond donors (Lipinski definition) is 2. The maximum Gasteiger partial charge on any atom is 0.341 e. The van der Waals surface area contributed by atoms with Crippen molar-refractivity contribution in [1.29, 1.82) is 0 Å². The van der Waals surface area contributed by atoms with Crippen LogP contribution in [0.1, 0.15) is 68.8 Å². The van der Waals surface area contributed by atoms with E-state index in [2.05, 4.69) is 30.8 Å². The fraction of sp³-hybridized carbons (Fsp3) is 0.654. The molecular weight excluding hydrogens is 434 g/mol. The van der Waals surface area contributed by atoms with Gasteiger partial charge in [-0.2, -0.15) is 0 Å². The second-order valence-corrected chi connectivity index (χ2v) is 9.75. The lowest BCUT2D eigenvalue weighted by atomic mass is 9.81. The number of aliphatic hydroxyl groups is 1. The van der Waals surface area contributed by atoms with Crippen LogP contribution in [0.4, 0.5) is 0 Å². The van der Waals surface area contributed by atoms with Gasteiger partial charge < -0.3 is 24.4 Å². The summed E-state index contributed by atoms with van der Waals surface area (Å²) in [7, 11) is 2.13. The van der Waals surface area contributed by atoms with Crippen molar-refractivity contribution in [3.05, 3.63) is 39.8 Å². The molecule has 1 aliphatic heterocycles. The number of carboxylic acids is 1. The molecule has 1 fully saturated rings. The molecule has 0 spiro atoms. The van der Waals surface area contributed by atoms with E-state index >= 15 is 0 Å². The Morgan fingerprint density at radius 1 is 1.26 bits per heavy atom. The van der Waals surface area contributed by atoms with Gasteiger partial charge in [0.25, 0.3) is 0 Å². The minimum Gasteiger partial charge on any atom is -0.477 e. The highest BCUT2D eigenvalue weighted by Crippen LogP contribution is 2.33. The number of hydrogen-bond acceptors (Lipinski definition) is 6. The first-order valence-corrected chi connectivity index (χ1v) is 12.5. The highest BCUT2D eigenvalue weighted by molar-refractivity contribution is 5.91. The number of aromatic nitrogens is 2. The third-order valence-corrected chi connectivity index (χ3v) is 7.15. The molecule has 2 unspecified atom stereocenters. The average Bonchev–Trinajstić information content (AvgIpc) is 2.78. The van der Waals surface area contributed by atoms with Crippen LogP contribution < -0.4 is 5.43 Å². The lowest BCUT2D eigenvalue weighted by Gasteiger charge is -2.37. The zero-order valence-corrected chi connectivity index (χ0v) is 20.9. The van der Waals surface area contributed by atoms with Crippen LogP contribution in [0.5, 0.6) is 0 Å². The van der Waals surface area contributed by atoms with Crippen molar-refractivity contribution in [2.45, 2.75) is 78.2 Å². The highest BCUT2D eigenvalue weighted by atomic mass is 16.6. The molecule has 34 heavy (non-hydrogen) atoms. The Labute approximate surface area is 201 Å². The molecule has 0 aromatic carbocycles. The smallest absolute Gasteiger partial charge is 0.341 e. The van der Waals surface area contributed by atoms with Gasteiger partial charge in [-0.1, -0.05) is 13.3 Å². The molecule has 2 N–H and O–H groups in total. The molecule has 0 amide bonds. The number of carbonyl (C=O) groups is 1. The molecule has 4 atom stereocenters. The van der Waals surface area contributed by atoms with Crippen LogP contribution in [0, 0.1) is 11.8 Å². The van der Waals surface area contributed by atoms with Crippen LogP contribution in [0.15, 0.2) is 23.3 Å². The fourth-order valence-electron chi connectivity index (χ4n) is 5.15. The molecule has 2 aromatic rings. The topological polar surface area (TPSA) is 105 Å². The Kier molecular flexibility index (Phi) is 9.22. The number of aliphatic hydroxyl groups excluding tert-OH is 1. The SMILES string of the molecule is CCn1cc(C(=O)O)c(=O)c2cc(CCCN(C)CCCC[C@@H]3C(C)C[C@H](O)OC3C)cnc21. The quantitative estimate of drug-likeness (QED) is 0.481. The number of aryl methyl sites for hydroxylation is 2. The largest absolute Gasteiger partial charge is 0.477 e. The first-order valence-electron chi connectivity index (χ1n) is 12.5. The first kappa shape index (κ1) is 26.3. The molecule has 1 aliphatic rings. The van der Waals surface area contributed by atoms with E-state index < -0.39 is 17.7 Å². The first-order chi connectivity index (χ1) is 16.2. The molecule has 0 radical (unpaired) electrons. The highest BCUT2D eigenvalue weighted by Gasteiger charge is 2.32. The zero-order valence-electron chi connectivity index (χ0n) is 20.9. The van der Waals surface area contributed by atoms with Gasteiger partial charge in [0, 0.05) is 25.4 Å². The van der Waals surface area contributed by atoms with Crippen LogP contribution >= 0.6 is 0 Å². The van der Waals surface area contributed by atoms with Crippen molar-refractivity contribution in [2.24, 2.45) is 11.8 Å². The summed E-state index contributed by atoms with van der Waals surface area (Å²) in [5.41, 5.74) is 0.790. The number of fused-ring (bicyclic) bond motifs is 1. The molecule has 0 aliphatic carbocycles. The van der Waals surface area contributed by atoms with E-state index in [0.717, 1.165) is 57.2 Å². The monoisotopic (exact) mass is 473 g/mol. The number of unbranched alkanes of at least 4 members (excludes halogenated alkanes) is 1. The number of pyridine rings is 2. The van der Waals surface area contributed by atoms with E-state index in [1.54, 1.807) is 16.8 Å². The summed E-state index contributed by atoms with van der Waals surface area (Å²) in [4.78, 5) is 30.9. The predicted octanol–water partition coefficient (Wildman–Crippen LogP) is 3.53. The molecule has 0 saturated carbocycles. The Morgan fingerprint density at radius 3 is 2.68 bits per heavy atom. The molecule has 2 aromatic heterocycles. The van der Waals surface area contributed by atoms with Gasteiger partial charge in [-0.25, -0.2) is 9.78 Å². The van der Waals surface area contributed by atoms with Crippen molar-refractivity contribution in [3.63, 3.8) is 0 Å². The van der Waals surface area contributed by atoms with Crippen LogP contribution in [-0.4, -0.2) is 63.2 Å². The molecule has 0 bridgehead atoms. The third kappa shape index (κ3) is 6.43.